The molecule has 2 atom stereocenters. The van der Waals surface area contributed by atoms with Crippen LogP contribution < -0.4 is 4.72 Å². The van der Waals surface area contributed by atoms with Crippen molar-refractivity contribution >= 4 is 10.0 Å². The molecule has 15 heavy (non-hydrogen) atoms. The summed E-state index contributed by atoms with van der Waals surface area (Å²) in [6.45, 7) is 5.89. The Bertz CT molecular complexity index is 290. The second kappa shape index (κ2) is 5.27. The van der Waals surface area contributed by atoms with Crippen LogP contribution in [0, 0.1) is 5.92 Å². The van der Waals surface area contributed by atoms with Crippen molar-refractivity contribution < 1.29 is 8.42 Å². The highest BCUT2D eigenvalue weighted by atomic mass is 32.2. The van der Waals surface area contributed by atoms with Crippen LogP contribution in [-0.4, -0.2) is 45.2 Å². The first kappa shape index (κ1) is 12.9. The number of hydrogen-bond donors (Lipinski definition) is 1. The van der Waals surface area contributed by atoms with E-state index in [2.05, 4.69) is 16.5 Å². The molecular weight excluding hydrogens is 212 g/mol. The van der Waals surface area contributed by atoms with Gasteiger partial charge >= 0.3 is 0 Å². The minimum atomic E-state index is -3.06. The first-order valence-electron chi connectivity index (χ1n) is 5.63. The molecule has 1 aliphatic heterocycles. The van der Waals surface area contributed by atoms with E-state index in [0.717, 1.165) is 25.9 Å². The Morgan fingerprint density at radius 1 is 1.40 bits per heavy atom. The first-order chi connectivity index (χ1) is 6.94. The van der Waals surface area contributed by atoms with Gasteiger partial charge in [0.2, 0.25) is 10.0 Å². The van der Waals surface area contributed by atoms with Gasteiger partial charge in [0.1, 0.15) is 0 Å². The minimum absolute atomic E-state index is 0.0943. The molecule has 1 heterocycles. The van der Waals surface area contributed by atoms with E-state index in [1.54, 1.807) is 0 Å². The second-order valence-corrected chi connectivity index (χ2v) is 6.47. The highest BCUT2D eigenvalue weighted by Crippen LogP contribution is 2.15. The molecule has 0 aliphatic carbocycles. The van der Waals surface area contributed by atoms with Crippen LogP contribution in [0.25, 0.3) is 0 Å². The van der Waals surface area contributed by atoms with Gasteiger partial charge in [-0.3, -0.25) is 0 Å². The van der Waals surface area contributed by atoms with Gasteiger partial charge in [0.15, 0.2) is 0 Å². The van der Waals surface area contributed by atoms with Gasteiger partial charge in [0, 0.05) is 19.1 Å². The van der Waals surface area contributed by atoms with E-state index in [1.165, 1.54) is 0 Å². The third-order valence-corrected chi connectivity index (χ3v) is 4.38. The highest BCUT2D eigenvalue weighted by molar-refractivity contribution is 7.89. The molecule has 4 nitrogen and oxygen atoms in total. The lowest BCUT2D eigenvalue weighted by Gasteiger charge is -2.16. The Kier molecular flexibility index (Phi) is 4.55. The van der Waals surface area contributed by atoms with E-state index < -0.39 is 10.0 Å². The van der Waals surface area contributed by atoms with Gasteiger partial charge < -0.3 is 4.90 Å². The molecule has 0 bridgehead atoms. The fourth-order valence-electron chi connectivity index (χ4n) is 1.99. The Morgan fingerprint density at radius 2 is 2.07 bits per heavy atom. The molecule has 0 spiro atoms. The van der Waals surface area contributed by atoms with E-state index in [4.69, 9.17) is 0 Å². The third-order valence-electron chi connectivity index (χ3n) is 2.89. The molecule has 0 amide bonds. The summed E-state index contributed by atoms with van der Waals surface area (Å²) < 4.78 is 26.1. The number of nitrogens with one attached hydrogen (secondary N) is 1. The maximum absolute atomic E-state index is 11.7. The summed E-state index contributed by atoms with van der Waals surface area (Å²) in [5, 5.41) is 0. The first-order valence-corrected chi connectivity index (χ1v) is 7.28. The van der Waals surface area contributed by atoms with Crippen molar-refractivity contribution in [3.05, 3.63) is 0 Å². The number of rotatable bonds is 5. The molecule has 0 aromatic rings. The summed E-state index contributed by atoms with van der Waals surface area (Å²) in [4.78, 5) is 2.16. The molecule has 0 aromatic carbocycles. The van der Waals surface area contributed by atoms with Crippen LogP contribution in [0.15, 0.2) is 0 Å². The monoisotopic (exact) mass is 234 g/mol. The van der Waals surface area contributed by atoms with Gasteiger partial charge in [0.05, 0.1) is 5.75 Å². The van der Waals surface area contributed by atoms with Gasteiger partial charge in [-0.1, -0.05) is 20.3 Å². The van der Waals surface area contributed by atoms with Crippen molar-refractivity contribution in [2.24, 2.45) is 5.92 Å². The summed E-state index contributed by atoms with van der Waals surface area (Å²) >= 11 is 0. The van der Waals surface area contributed by atoms with Gasteiger partial charge in [0.25, 0.3) is 0 Å². The standard InChI is InChI=1S/C10H22N2O2S/c1-4-5-6-15(13,14)11-10-8-12(3)7-9(10)2/h9-11H,4-8H2,1-3H3/t9-,10-/m1/s1. The molecule has 1 rings (SSSR count). The second-order valence-electron chi connectivity index (χ2n) is 4.60. The van der Waals surface area contributed by atoms with Crippen LogP contribution in [0.1, 0.15) is 26.7 Å². The quantitative estimate of drug-likeness (QED) is 0.760. The van der Waals surface area contributed by atoms with Crippen LogP contribution in [-0.2, 0) is 10.0 Å². The lowest BCUT2D eigenvalue weighted by molar-refractivity contribution is 0.400. The van der Waals surface area contributed by atoms with Crippen molar-refractivity contribution in [3.63, 3.8) is 0 Å². The zero-order chi connectivity index (χ0) is 11.5. The number of hydrogen-bond acceptors (Lipinski definition) is 3. The Balaban J connectivity index is 2.47. The van der Waals surface area contributed by atoms with Gasteiger partial charge in [-0.25, -0.2) is 13.1 Å². The summed E-state index contributed by atoms with van der Waals surface area (Å²) in [7, 11) is -1.04. The van der Waals surface area contributed by atoms with Crippen molar-refractivity contribution in [1.82, 2.24) is 9.62 Å². The Labute approximate surface area is 93.1 Å². The van der Waals surface area contributed by atoms with Gasteiger partial charge in [-0.05, 0) is 19.4 Å². The average molecular weight is 234 g/mol. The number of unbranched alkanes of at least 4 members (excludes halogenated alkanes) is 1. The summed E-state index contributed by atoms with van der Waals surface area (Å²) in [6, 6.07) is 0.0943. The molecule has 90 valence electrons. The molecule has 0 saturated carbocycles. The van der Waals surface area contributed by atoms with E-state index in [-0.39, 0.29) is 11.8 Å². The van der Waals surface area contributed by atoms with Crippen molar-refractivity contribution in [2.45, 2.75) is 32.7 Å². The number of sulfonamides is 1. The molecule has 0 radical (unpaired) electrons. The number of likely N-dealkylation sites (tertiary alicyclic amines) is 1. The van der Waals surface area contributed by atoms with Crippen LogP contribution in [0.4, 0.5) is 0 Å². The molecule has 1 N–H and O–H groups in total. The Morgan fingerprint density at radius 3 is 2.53 bits per heavy atom. The topological polar surface area (TPSA) is 49.4 Å². The molecule has 1 aliphatic rings. The smallest absolute Gasteiger partial charge is 0.211 e. The molecule has 1 saturated heterocycles. The lowest BCUT2D eigenvalue weighted by atomic mass is 10.1. The van der Waals surface area contributed by atoms with Crippen LogP contribution >= 0.6 is 0 Å². The van der Waals surface area contributed by atoms with Crippen LogP contribution in [0.5, 0.6) is 0 Å². The van der Waals surface area contributed by atoms with E-state index in [0.29, 0.717) is 5.92 Å². The fourth-order valence-corrected chi connectivity index (χ4v) is 3.54. The molecule has 5 heteroatoms. The maximum Gasteiger partial charge on any atom is 0.211 e. The fraction of sp³-hybridized carbons (Fsp3) is 1.00. The van der Waals surface area contributed by atoms with Crippen molar-refractivity contribution in [2.75, 3.05) is 25.9 Å². The van der Waals surface area contributed by atoms with E-state index in [9.17, 15) is 8.42 Å². The third kappa shape index (κ3) is 4.09. The summed E-state index contributed by atoms with van der Waals surface area (Å²) in [5.41, 5.74) is 0. The van der Waals surface area contributed by atoms with Crippen LogP contribution in [0.3, 0.4) is 0 Å². The zero-order valence-electron chi connectivity index (χ0n) is 9.86. The SMILES string of the molecule is CCCCS(=O)(=O)N[C@@H]1CN(C)C[C@H]1C. The molecule has 0 aromatic heterocycles. The summed E-state index contributed by atoms with van der Waals surface area (Å²) in [6.07, 6.45) is 1.66. The average Bonchev–Trinajstić information content (AvgIpc) is 2.41. The molecule has 0 unspecified atom stereocenters. The summed E-state index contributed by atoms with van der Waals surface area (Å²) in [5.74, 6) is 0.669. The van der Waals surface area contributed by atoms with Crippen molar-refractivity contribution in [1.29, 1.82) is 0 Å². The van der Waals surface area contributed by atoms with Gasteiger partial charge in [-0.15, -0.1) is 0 Å². The highest BCUT2D eigenvalue weighted by Gasteiger charge is 2.30. The largest absolute Gasteiger partial charge is 0.304 e. The predicted octanol–water partition coefficient (Wildman–Crippen LogP) is 0.656. The lowest BCUT2D eigenvalue weighted by Crippen LogP contribution is -2.40. The maximum atomic E-state index is 11.7. The Hall–Kier alpha value is -0.130. The van der Waals surface area contributed by atoms with Gasteiger partial charge in [-0.2, -0.15) is 0 Å². The van der Waals surface area contributed by atoms with E-state index in [1.807, 2.05) is 14.0 Å². The zero-order valence-corrected chi connectivity index (χ0v) is 10.7. The molecule has 1 fully saturated rings. The molecular formula is C10H22N2O2S. The predicted molar refractivity (Wildman–Crippen MR) is 62.3 cm³/mol. The number of likely N-dealkylation sites (N-methyl/N-ethyl adjacent to an activating group) is 1. The van der Waals surface area contributed by atoms with E-state index >= 15 is 0 Å². The number of nitrogens with zero attached hydrogens (tertiary/aromatic N) is 1. The minimum Gasteiger partial charge on any atom is -0.304 e. The van der Waals surface area contributed by atoms with Crippen molar-refractivity contribution in [3.8, 4) is 0 Å². The normalized spacial score (nSPS) is 28.5. The van der Waals surface area contributed by atoms with Crippen LogP contribution in [0.2, 0.25) is 0 Å².